The molecule has 4 nitrogen and oxygen atoms in total. The molecule has 0 bridgehead atoms. The lowest BCUT2D eigenvalue weighted by Gasteiger charge is -2.07. The number of benzene rings is 1. The summed E-state index contributed by atoms with van der Waals surface area (Å²) in [4.78, 5) is 16.0. The Bertz CT molecular complexity index is 629. The van der Waals surface area contributed by atoms with Crippen molar-refractivity contribution in [3.8, 4) is 6.07 Å². The highest BCUT2D eigenvalue weighted by Gasteiger charge is 2.07. The van der Waals surface area contributed by atoms with Crippen LogP contribution < -0.4 is 5.32 Å². The SMILES string of the molecule is Cc1cnccc1NC(=O)c1cccc(C#N)c1. The van der Waals surface area contributed by atoms with E-state index >= 15 is 0 Å². The van der Waals surface area contributed by atoms with Crippen LogP contribution in [-0.2, 0) is 0 Å². The largest absolute Gasteiger partial charge is 0.322 e. The van der Waals surface area contributed by atoms with E-state index in [-0.39, 0.29) is 5.91 Å². The highest BCUT2D eigenvalue weighted by molar-refractivity contribution is 6.04. The van der Waals surface area contributed by atoms with E-state index in [9.17, 15) is 4.79 Å². The summed E-state index contributed by atoms with van der Waals surface area (Å²) in [5, 5.41) is 11.6. The van der Waals surface area contributed by atoms with Crippen LogP contribution in [0.2, 0.25) is 0 Å². The van der Waals surface area contributed by atoms with Gasteiger partial charge in [0.15, 0.2) is 0 Å². The van der Waals surface area contributed by atoms with Gasteiger partial charge in [-0.15, -0.1) is 0 Å². The van der Waals surface area contributed by atoms with Crippen LogP contribution in [-0.4, -0.2) is 10.9 Å². The van der Waals surface area contributed by atoms with Gasteiger partial charge in [0.2, 0.25) is 0 Å². The first-order valence-electron chi connectivity index (χ1n) is 5.43. The Morgan fingerprint density at radius 3 is 2.94 bits per heavy atom. The van der Waals surface area contributed by atoms with Crippen molar-refractivity contribution in [3.05, 3.63) is 59.4 Å². The number of anilines is 1. The van der Waals surface area contributed by atoms with Crippen LogP contribution in [0.5, 0.6) is 0 Å². The number of nitrogens with one attached hydrogen (secondary N) is 1. The third-order valence-corrected chi connectivity index (χ3v) is 2.52. The zero-order chi connectivity index (χ0) is 13.0. The number of aromatic nitrogens is 1. The first-order valence-corrected chi connectivity index (χ1v) is 5.43. The Morgan fingerprint density at radius 2 is 2.22 bits per heavy atom. The molecule has 1 aromatic carbocycles. The monoisotopic (exact) mass is 237 g/mol. The fourth-order valence-corrected chi connectivity index (χ4v) is 1.54. The number of nitriles is 1. The number of carbonyl (C=O) groups excluding carboxylic acids is 1. The second-order valence-corrected chi connectivity index (χ2v) is 3.84. The van der Waals surface area contributed by atoms with Gasteiger partial charge in [-0.3, -0.25) is 9.78 Å². The third-order valence-electron chi connectivity index (χ3n) is 2.52. The van der Waals surface area contributed by atoms with Gasteiger partial charge in [-0.1, -0.05) is 6.07 Å². The van der Waals surface area contributed by atoms with E-state index < -0.39 is 0 Å². The highest BCUT2D eigenvalue weighted by Crippen LogP contribution is 2.13. The quantitative estimate of drug-likeness (QED) is 0.872. The van der Waals surface area contributed by atoms with Crippen LogP contribution >= 0.6 is 0 Å². The van der Waals surface area contributed by atoms with Crippen LogP contribution in [0.3, 0.4) is 0 Å². The van der Waals surface area contributed by atoms with Crippen LogP contribution in [0.15, 0.2) is 42.7 Å². The molecule has 0 radical (unpaired) electrons. The Morgan fingerprint density at radius 1 is 1.39 bits per heavy atom. The van der Waals surface area contributed by atoms with Crippen molar-refractivity contribution in [2.45, 2.75) is 6.92 Å². The van der Waals surface area contributed by atoms with Gasteiger partial charge in [-0.25, -0.2) is 0 Å². The number of amides is 1. The van der Waals surface area contributed by atoms with Crippen molar-refractivity contribution < 1.29 is 4.79 Å². The molecule has 2 aromatic rings. The molecule has 18 heavy (non-hydrogen) atoms. The summed E-state index contributed by atoms with van der Waals surface area (Å²) in [5.41, 5.74) is 2.54. The second-order valence-electron chi connectivity index (χ2n) is 3.84. The van der Waals surface area contributed by atoms with Crippen molar-refractivity contribution >= 4 is 11.6 Å². The Labute approximate surface area is 105 Å². The molecule has 0 fully saturated rings. The number of aryl methyl sites for hydroxylation is 1. The molecule has 0 aliphatic heterocycles. The Balaban J connectivity index is 2.23. The summed E-state index contributed by atoms with van der Waals surface area (Å²) in [5.74, 6) is -0.235. The number of rotatable bonds is 2. The molecule has 0 saturated heterocycles. The normalized spacial score (nSPS) is 9.56. The Kier molecular flexibility index (Phi) is 3.35. The van der Waals surface area contributed by atoms with Crippen LogP contribution in [0, 0.1) is 18.3 Å². The van der Waals surface area contributed by atoms with Crippen molar-refractivity contribution in [1.29, 1.82) is 5.26 Å². The third kappa shape index (κ3) is 2.53. The number of pyridine rings is 1. The number of hydrogen-bond acceptors (Lipinski definition) is 3. The van der Waals surface area contributed by atoms with Crippen LogP contribution in [0.4, 0.5) is 5.69 Å². The number of nitrogens with zero attached hydrogens (tertiary/aromatic N) is 2. The molecule has 1 amide bonds. The van der Waals surface area contributed by atoms with Gasteiger partial charge in [-0.05, 0) is 36.8 Å². The maximum atomic E-state index is 12.0. The molecule has 88 valence electrons. The maximum absolute atomic E-state index is 12.0. The molecule has 1 aromatic heterocycles. The second kappa shape index (κ2) is 5.11. The average Bonchev–Trinajstić information content (AvgIpc) is 2.41. The molecule has 0 aliphatic rings. The van der Waals surface area contributed by atoms with E-state index in [1.54, 1.807) is 42.7 Å². The van der Waals surface area contributed by atoms with E-state index in [1.165, 1.54) is 0 Å². The van der Waals surface area contributed by atoms with Crippen molar-refractivity contribution in [1.82, 2.24) is 4.98 Å². The smallest absolute Gasteiger partial charge is 0.255 e. The van der Waals surface area contributed by atoms with Gasteiger partial charge in [0.1, 0.15) is 0 Å². The summed E-state index contributed by atoms with van der Waals surface area (Å²) >= 11 is 0. The molecule has 0 saturated carbocycles. The van der Waals surface area contributed by atoms with Gasteiger partial charge in [0.25, 0.3) is 5.91 Å². The zero-order valence-corrected chi connectivity index (χ0v) is 9.84. The lowest BCUT2D eigenvalue weighted by Crippen LogP contribution is -2.12. The highest BCUT2D eigenvalue weighted by atomic mass is 16.1. The first-order chi connectivity index (χ1) is 8.70. The minimum atomic E-state index is -0.235. The molecule has 2 rings (SSSR count). The minimum Gasteiger partial charge on any atom is -0.322 e. The molecule has 4 heteroatoms. The first kappa shape index (κ1) is 11.8. The van der Waals surface area contributed by atoms with Gasteiger partial charge in [0, 0.05) is 23.6 Å². The van der Waals surface area contributed by atoms with E-state index in [0.717, 1.165) is 11.3 Å². The number of carbonyl (C=O) groups is 1. The van der Waals surface area contributed by atoms with Crippen LogP contribution in [0.25, 0.3) is 0 Å². The predicted octanol–water partition coefficient (Wildman–Crippen LogP) is 2.51. The number of hydrogen-bond donors (Lipinski definition) is 1. The summed E-state index contributed by atoms with van der Waals surface area (Å²) in [6, 6.07) is 10.3. The topological polar surface area (TPSA) is 65.8 Å². The minimum absolute atomic E-state index is 0.235. The fourth-order valence-electron chi connectivity index (χ4n) is 1.54. The summed E-state index contributed by atoms with van der Waals surface area (Å²) in [7, 11) is 0. The molecule has 1 N–H and O–H groups in total. The van der Waals surface area contributed by atoms with Gasteiger partial charge in [0.05, 0.1) is 11.6 Å². The maximum Gasteiger partial charge on any atom is 0.255 e. The predicted molar refractivity (Wildman–Crippen MR) is 68.1 cm³/mol. The molecule has 0 unspecified atom stereocenters. The van der Waals surface area contributed by atoms with Crippen molar-refractivity contribution in [2.75, 3.05) is 5.32 Å². The summed E-state index contributed by atoms with van der Waals surface area (Å²) < 4.78 is 0. The molecule has 0 atom stereocenters. The summed E-state index contributed by atoms with van der Waals surface area (Å²) in [6.45, 7) is 1.87. The van der Waals surface area contributed by atoms with E-state index in [4.69, 9.17) is 5.26 Å². The molecular formula is C14H11N3O. The van der Waals surface area contributed by atoms with Crippen LogP contribution in [0.1, 0.15) is 21.5 Å². The standard InChI is InChI=1S/C14H11N3O/c1-10-9-16-6-5-13(10)17-14(18)12-4-2-3-11(7-12)8-15/h2-7,9H,1H3,(H,16,17,18). The molecule has 1 heterocycles. The van der Waals surface area contributed by atoms with E-state index in [1.807, 2.05) is 13.0 Å². The Hall–Kier alpha value is -2.67. The molecular weight excluding hydrogens is 226 g/mol. The average molecular weight is 237 g/mol. The van der Waals surface area contributed by atoms with E-state index in [2.05, 4.69) is 10.3 Å². The van der Waals surface area contributed by atoms with Gasteiger partial charge >= 0.3 is 0 Å². The van der Waals surface area contributed by atoms with Gasteiger partial charge in [-0.2, -0.15) is 5.26 Å². The molecule has 0 aliphatic carbocycles. The fraction of sp³-hybridized carbons (Fsp3) is 0.0714. The lowest BCUT2D eigenvalue weighted by molar-refractivity contribution is 0.102. The molecule has 0 spiro atoms. The lowest BCUT2D eigenvalue weighted by atomic mass is 10.1. The zero-order valence-electron chi connectivity index (χ0n) is 9.84. The van der Waals surface area contributed by atoms with E-state index in [0.29, 0.717) is 11.1 Å². The summed E-state index contributed by atoms with van der Waals surface area (Å²) in [6.07, 6.45) is 3.30. The van der Waals surface area contributed by atoms with Gasteiger partial charge < -0.3 is 5.32 Å². The van der Waals surface area contributed by atoms with Crippen molar-refractivity contribution in [3.63, 3.8) is 0 Å². The van der Waals surface area contributed by atoms with Crippen molar-refractivity contribution in [2.24, 2.45) is 0 Å².